The first-order valence-corrected chi connectivity index (χ1v) is 4.19. The van der Waals surface area contributed by atoms with Crippen molar-refractivity contribution >= 4 is 11.6 Å². The molecule has 0 radical (unpaired) electrons. The van der Waals surface area contributed by atoms with Crippen LogP contribution < -0.4 is 5.73 Å². The highest BCUT2D eigenvalue weighted by Crippen LogP contribution is 2.19. The summed E-state index contributed by atoms with van der Waals surface area (Å²) < 4.78 is 5.25. The summed E-state index contributed by atoms with van der Waals surface area (Å²) in [6.07, 6.45) is 1.72. The van der Waals surface area contributed by atoms with E-state index in [1.807, 2.05) is 19.9 Å². The topological polar surface area (TPSA) is 48.1 Å². The van der Waals surface area contributed by atoms with Crippen LogP contribution in [0.4, 0.5) is 5.82 Å². The molecule has 0 fully saturated rings. The molecule has 0 unspecified atom stereocenters. The average Bonchev–Trinajstić information content (AvgIpc) is 2.09. The van der Waals surface area contributed by atoms with Gasteiger partial charge in [-0.1, -0.05) is 6.58 Å². The van der Waals surface area contributed by atoms with Gasteiger partial charge in [0.1, 0.15) is 11.6 Å². The molecule has 0 spiro atoms. The van der Waals surface area contributed by atoms with E-state index in [0.29, 0.717) is 18.2 Å². The number of aromatic nitrogens is 1. The Morgan fingerprint density at radius 1 is 1.69 bits per heavy atom. The van der Waals surface area contributed by atoms with Gasteiger partial charge in [-0.05, 0) is 25.5 Å². The van der Waals surface area contributed by atoms with Gasteiger partial charge in [-0.25, -0.2) is 4.98 Å². The average molecular weight is 178 g/mol. The van der Waals surface area contributed by atoms with E-state index in [2.05, 4.69) is 11.6 Å². The van der Waals surface area contributed by atoms with Crippen LogP contribution in [0.2, 0.25) is 0 Å². The lowest BCUT2D eigenvalue weighted by Gasteiger charge is -2.09. The minimum absolute atomic E-state index is 0.462. The number of anilines is 1. The maximum atomic E-state index is 5.67. The van der Waals surface area contributed by atoms with Crippen LogP contribution in [0.1, 0.15) is 18.1 Å². The van der Waals surface area contributed by atoms with Gasteiger partial charge in [0.15, 0.2) is 0 Å². The zero-order chi connectivity index (χ0) is 9.84. The molecule has 0 atom stereocenters. The summed E-state index contributed by atoms with van der Waals surface area (Å²) in [7, 11) is 0. The molecule has 2 N–H and O–H groups in total. The van der Waals surface area contributed by atoms with Crippen LogP contribution >= 0.6 is 0 Å². The second-order valence-corrected chi connectivity index (χ2v) is 2.80. The SMILES string of the molecule is C=C(OCC)c1cc(C)cnc1N. The molecule has 3 heteroatoms. The number of rotatable bonds is 3. The minimum Gasteiger partial charge on any atom is -0.494 e. The number of nitrogen functional groups attached to an aromatic ring is 1. The molecular weight excluding hydrogens is 164 g/mol. The molecule has 0 aliphatic carbocycles. The smallest absolute Gasteiger partial charge is 0.134 e. The van der Waals surface area contributed by atoms with Crippen molar-refractivity contribution in [2.45, 2.75) is 13.8 Å². The summed E-state index contributed by atoms with van der Waals surface area (Å²) in [5.74, 6) is 1.04. The molecule has 1 aromatic rings. The van der Waals surface area contributed by atoms with Gasteiger partial charge in [0.05, 0.1) is 12.2 Å². The van der Waals surface area contributed by atoms with Crippen molar-refractivity contribution in [3.8, 4) is 0 Å². The summed E-state index contributed by atoms with van der Waals surface area (Å²) in [6.45, 7) is 8.22. The zero-order valence-electron chi connectivity index (χ0n) is 8.00. The first-order chi connectivity index (χ1) is 6.15. The van der Waals surface area contributed by atoms with Crippen molar-refractivity contribution in [1.29, 1.82) is 0 Å². The number of nitrogens with zero attached hydrogens (tertiary/aromatic N) is 1. The van der Waals surface area contributed by atoms with Gasteiger partial charge in [0.25, 0.3) is 0 Å². The van der Waals surface area contributed by atoms with Crippen molar-refractivity contribution in [2.24, 2.45) is 0 Å². The van der Waals surface area contributed by atoms with Gasteiger partial charge >= 0.3 is 0 Å². The van der Waals surface area contributed by atoms with Crippen LogP contribution in [-0.4, -0.2) is 11.6 Å². The number of ether oxygens (including phenoxy) is 1. The van der Waals surface area contributed by atoms with E-state index in [-0.39, 0.29) is 0 Å². The molecule has 0 aliphatic rings. The zero-order valence-corrected chi connectivity index (χ0v) is 8.00. The Labute approximate surface area is 78.2 Å². The van der Waals surface area contributed by atoms with Gasteiger partial charge in [0.2, 0.25) is 0 Å². The van der Waals surface area contributed by atoms with E-state index >= 15 is 0 Å². The van der Waals surface area contributed by atoms with Crippen LogP contribution in [0.3, 0.4) is 0 Å². The molecule has 70 valence electrons. The van der Waals surface area contributed by atoms with Crippen molar-refractivity contribution in [1.82, 2.24) is 4.98 Å². The van der Waals surface area contributed by atoms with Gasteiger partial charge < -0.3 is 10.5 Å². The van der Waals surface area contributed by atoms with Gasteiger partial charge in [-0.2, -0.15) is 0 Å². The Bertz CT molecular complexity index is 321. The molecule has 0 bridgehead atoms. The first kappa shape index (κ1) is 9.58. The summed E-state index contributed by atoms with van der Waals surface area (Å²) in [6, 6.07) is 1.92. The molecule has 0 saturated heterocycles. The van der Waals surface area contributed by atoms with Crippen LogP contribution in [-0.2, 0) is 4.74 Å². The Morgan fingerprint density at radius 2 is 2.38 bits per heavy atom. The quantitative estimate of drug-likeness (QED) is 0.720. The lowest BCUT2D eigenvalue weighted by molar-refractivity contribution is 0.299. The summed E-state index contributed by atoms with van der Waals surface area (Å²) in [5, 5.41) is 0. The minimum atomic E-state index is 0.462. The van der Waals surface area contributed by atoms with Crippen LogP contribution in [0.15, 0.2) is 18.8 Å². The van der Waals surface area contributed by atoms with Gasteiger partial charge in [0, 0.05) is 6.20 Å². The van der Waals surface area contributed by atoms with E-state index in [1.165, 1.54) is 0 Å². The lowest BCUT2D eigenvalue weighted by atomic mass is 10.2. The van der Waals surface area contributed by atoms with Crippen LogP contribution in [0, 0.1) is 6.92 Å². The second-order valence-electron chi connectivity index (χ2n) is 2.80. The fourth-order valence-electron chi connectivity index (χ4n) is 1.06. The monoisotopic (exact) mass is 178 g/mol. The standard InChI is InChI=1S/C10H14N2O/c1-4-13-8(3)9-5-7(2)6-12-10(9)11/h5-6H,3-4H2,1-2H3,(H2,11,12). The molecule has 1 aromatic heterocycles. The Hall–Kier alpha value is -1.51. The number of aryl methyl sites for hydroxylation is 1. The molecule has 0 aromatic carbocycles. The number of hydrogen-bond donors (Lipinski definition) is 1. The highest BCUT2D eigenvalue weighted by Gasteiger charge is 2.05. The number of nitrogens with two attached hydrogens (primary N) is 1. The van der Waals surface area contributed by atoms with Crippen molar-refractivity contribution in [3.05, 3.63) is 30.0 Å². The van der Waals surface area contributed by atoms with E-state index in [9.17, 15) is 0 Å². The van der Waals surface area contributed by atoms with E-state index in [0.717, 1.165) is 11.1 Å². The van der Waals surface area contributed by atoms with Crippen molar-refractivity contribution in [2.75, 3.05) is 12.3 Å². The highest BCUT2D eigenvalue weighted by atomic mass is 16.5. The number of pyridine rings is 1. The Kier molecular flexibility index (Phi) is 2.90. The van der Waals surface area contributed by atoms with Gasteiger partial charge in [-0.15, -0.1) is 0 Å². The molecule has 0 aliphatic heterocycles. The molecule has 1 rings (SSSR count). The Morgan fingerprint density at radius 3 is 3.00 bits per heavy atom. The van der Waals surface area contributed by atoms with Gasteiger partial charge in [-0.3, -0.25) is 0 Å². The Balaban J connectivity index is 2.99. The van der Waals surface area contributed by atoms with E-state index in [1.54, 1.807) is 6.20 Å². The van der Waals surface area contributed by atoms with Crippen LogP contribution in [0.25, 0.3) is 5.76 Å². The van der Waals surface area contributed by atoms with Crippen molar-refractivity contribution < 1.29 is 4.74 Å². The third-order valence-corrected chi connectivity index (χ3v) is 1.67. The second kappa shape index (κ2) is 3.94. The molecular formula is C10H14N2O. The molecule has 0 saturated carbocycles. The first-order valence-electron chi connectivity index (χ1n) is 4.19. The maximum absolute atomic E-state index is 5.67. The largest absolute Gasteiger partial charge is 0.494 e. The van der Waals surface area contributed by atoms with E-state index < -0.39 is 0 Å². The fourth-order valence-corrected chi connectivity index (χ4v) is 1.06. The van der Waals surface area contributed by atoms with E-state index in [4.69, 9.17) is 10.5 Å². The highest BCUT2D eigenvalue weighted by molar-refractivity contribution is 5.67. The molecule has 1 heterocycles. The third-order valence-electron chi connectivity index (χ3n) is 1.67. The molecule has 13 heavy (non-hydrogen) atoms. The van der Waals surface area contributed by atoms with Crippen molar-refractivity contribution in [3.63, 3.8) is 0 Å². The predicted molar refractivity (Wildman–Crippen MR) is 54.0 cm³/mol. The summed E-state index contributed by atoms with van der Waals surface area (Å²) >= 11 is 0. The number of hydrogen-bond acceptors (Lipinski definition) is 3. The summed E-state index contributed by atoms with van der Waals surface area (Å²) in [5.41, 5.74) is 7.49. The third kappa shape index (κ3) is 2.21. The molecule has 3 nitrogen and oxygen atoms in total. The lowest BCUT2D eigenvalue weighted by Crippen LogP contribution is -1.99. The van der Waals surface area contributed by atoms with Crippen LogP contribution in [0.5, 0.6) is 0 Å². The molecule has 0 amide bonds. The predicted octanol–water partition coefficient (Wildman–Crippen LogP) is 1.98. The normalized spacial score (nSPS) is 9.69. The maximum Gasteiger partial charge on any atom is 0.134 e. The summed E-state index contributed by atoms with van der Waals surface area (Å²) in [4.78, 5) is 4.02. The fraction of sp³-hybridized carbons (Fsp3) is 0.300.